The molecule has 0 aliphatic carbocycles. The van der Waals surface area contributed by atoms with E-state index in [1.165, 1.54) is 5.56 Å². The van der Waals surface area contributed by atoms with Gasteiger partial charge in [0.1, 0.15) is 0 Å². The van der Waals surface area contributed by atoms with Crippen molar-refractivity contribution in [2.75, 3.05) is 27.3 Å². The van der Waals surface area contributed by atoms with Crippen molar-refractivity contribution in [1.29, 1.82) is 0 Å². The zero-order valence-electron chi connectivity index (χ0n) is 17.7. The standard InChI is InChI=1S/C24H32N2O3/c1-4-21(20-10-11-22(28-2)23(16-20)29-3)25-24(27)19-12-14-26(15-13-19)17-18-8-6-5-7-9-18/h5-11,16,19,21H,4,12-15,17H2,1-3H3,(H,25,27)/t21-/m1/s1. The van der Waals surface area contributed by atoms with Gasteiger partial charge >= 0.3 is 0 Å². The minimum Gasteiger partial charge on any atom is -0.493 e. The number of carbonyl (C=O) groups is 1. The zero-order chi connectivity index (χ0) is 20.6. The first-order valence-electron chi connectivity index (χ1n) is 10.4. The quantitative estimate of drug-likeness (QED) is 0.727. The van der Waals surface area contributed by atoms with Crippen LogP contribution in [0.25, 0.3) is 0 Å². The van der Waals surface area contributed by atoms with Gasteiger partial charge in [0.2, 0.25) is 5.91 Å². The van der Waals surface area contributed by atoms with Crippen LogP contribution in [0, 0.1) is 5.92 Å². The summed E-state index contributed by atoms with van der Waals surface area (Å²) in [6, 6.07) is 16.3. The molecule has 1 heterocycles. The normalized spacial score (nSPS) is 16.2. The van der Waals surface area contributed by atoms with Gasteiger partial charge in [-0.15, -0.1) is 0 Å². The van der Waals surface area contributed by atoms with Gasteiger partial charge in [-0.25, -0.2) is 0 Å². The molecule has 0 bridgehead atoms. The van der Waals surface area contributed by atoms with E-state index in [1.54, 1.807) is 14.2 Å². The number of rotatable bonds is 8. The highest BCUT2D eigenvalue weighted by Gasteiger charge is 2.26. The summed E-state index contributed by atoms with van der Waals surface area (Å²) >= 11 is 0. The van der Waals surface area contributed by atoms with Crippen LogP contribution in [0.2, 0.25) is 0 Å². The van der Waals surface area contributed by atoms with E-state index in [2.05, 4.69) is 41.4 Å². The largest absolute Gasteiger partial charge is 0.493 e. The van der Waals surface area contributed by atoms with Crippen LogP contribution in [0.1, 0.15) is 43.4 Å². The third kappa shape index (κ3) is 5.51. The van der Waals surface area contributed by atoms with Crippen LogP contribution in [0.3, 0.4) is 0 Å². The van der Waals surface area contributed by atoms with Crippen molar-refractivity contribution >= 4 is 5.91 Å². The van der Waals surface area contributed by atoms with E-state index in [-0.39, 0.29) is 17.9 Å². The maximum absolute atomic E-state index is 12.9. The molecule has 1 saturated heterocycles. The second kappa shape index (κ2) is 10.3. The van der Waals surface area contributed by atoms with Crippen molar-refractivity contribution in [3.05, 3.63) is 59.7 Å². The first kappa shape index (κ1) is 21.2. The molecule has 0 unspecified atom stereocenters. The SMILES string of the molecule is CC[C@@H](NC(=O)C1CCN(Cc2ccccc2)CC1)c1ccc(OC)c(OC)c1. The van der Waals surface area contributed by atoms with Crippen LogP contribution in [0.4, 0.5) is 0 Å². The molecule has 156 valence electrons. The van der Waals surface area contributed by atoms with E-state index >= 15 is 0 Å². The lowest BCUT2D eigenvalue weighted by atomic mass is 9.94. The number of piperidine rings is 1. The smallest absolute Gasteiger partial charge is 0.223 e. The Labute approximate surface area is 174 Å². The molecular formula is C24H32N2O3. The maximum atomic E-state index is 12.9. The number of amides is 1. The Balaban J connectivity index is 1.55. The summed E-state index contributed by atoms with van der Waals surface area (Å²) in [5, 5.41) is 3.25. The Morgan fingerprint density at radius 2 is 1.76 bits per heavy atom. The monoisotopic (exact) mass is 396 g/mol. The second-order valence-electron chi connectivity index (χ2n) is 7.62. The average Bonchev–Trinajstić information content (AvgIpc) is 2.78. The molecule has 2 aromatic rings. The van der Waals surface area contributed by atoms with Gasteiger partial charge in [0, 0.05) is 12.5 Å². The Hall–Kier alpha value is -2.53. The van der Waals surface area contributed by atoms with E-state index < -0.39 is 0 Å². The highest BCUT2D eigenvalue weighted by molar-refractivity contribution is 5.79. The van der Waals surface area contributed by atoms with Gasteiger partial charge in [0.15, 0.2) is 11.5 Å². The number of hydrogen-bond acceptors (Lipinski definition) is 4. The Bertz CT molecular complexity index is 786. The predicted molar refractivity (Wildman–Crippen MR) is 115 cm³/mol. The molecular weight excluding hydrogens is 364 g/mol. The molecule has 3 rings (SSSR count). The summed E-state index contributed by atoms with van der Waals surface area (Å²) < 4.78 is 10.7. The summed E-state index contributed by atoms with van der Waals surface area (Å²) in [4.78, 5) is 15.3. The minimum absolute atomic E-state index is 0.0235. The van der Waals surface area contributed by atoms with E-state index in [0.29, 0.717) is 11.5 Å². The first-order chi connectivity index (χ1) is 14.1. The number of hydrogen-bond donors (Lipinski definition) is 1. The predicted octanol–water partition coefficient (Wildman–Crippen LogP) is 4.18. The summed E-state index contributed by atoms with van der Waals surface area (Å²) in [6.07, 6.45) is 2.64. The van der Waals surface area contributed by atoms with E-state index in [1.807, 2.05) is 24.3 Å². The summed E-state index contributed by atoms with van der Waals surface area (Å²) in [7, 11) is 3.26. The van der Waals surface area contributed by atoms with Gasteiger partial charge in [0.25, 0.3) is 0 Å². The van der Waals surface area contributed by atoms with Crippen LogP contribution >= 0.6 is 0 Å². The van der Waals surface area contributed by atoms with E-state index in [9.17, 15) is 4.79 Å². The van der Waals surface area contributed by atoms with Crippen LogP contribution in [-0.2, 0) is 11.3 Å². The molecule has 5 heteroatoms. The van der Waals surface area contributed by atoms with Crippen molar-refractivity contribution in [1.82, 2.24) is 10.2 Å². The Kier molecular flexibility index (Phi) is 7.53. The van der Waals surface area contributed by atoms with Crippen molar-refractivity contribution in [3.8, 4) is 11.5 Å². The molecule has 1 aliphatic heterocycles. The van der Waals surface area contributed by atoms with E-state index in [0.717, 1.165) is 44.5 Å². The zero-order valence-corrected chi connectivity index (χ0v) is 17.7. The topological polar surface area (TPSA) is 50.8 Å². The van der Waals surface area contributed by atoms with Crippen LogP contribution in [-0.4, -0.2) is 38.1 Å². The average molecular weight is 397 g/mol. The molecule has 1 fully saturated rings. The third-order valence-corrected chi connectivity index (χ3v) is 5.74. The molecule has 0 aromatic heterocycles. The highest BCUT2D eigenvalue weighted by atomic mass is 16.5. The lowest BCUT2D eigenvalue weighted by Gasteiger charge is -2.32. The molecule has 0 radical (unpaired) electrons. The van der Waals surface area contributed by atoms with Gasteiger partial charge in [0.05, 0.1) is 20.3 Å². The van der Waals surface area contributed by atoms with Gasteiger partial charge in [-0.1, -0.05) is 43.3 Å². The maximum Gasteiger partial charge on any atom is 0.223 e. The number of carbonyl (C=O) groups excluding carboxylic acids is 1. The minimum atomic E-state index is -0.0235. The number of methoxy groups -OCH3 is 2. The van der Waals surface area contributed by atoms with Crippen molar-refractivity contribution in [2.45, 2.75) is 38.8 Å². The van der Waals surface area contributed by atoms with Gasteiger partial charge in [-0.2, -0.15) is 0 Å². The van der Waals surface area contributed by atoms with Crippen LogP contribution in [0.5, 0.6) is 11.5 Å². The van der Waals surface area contributed by atoms with Crippen molar-refractivity contribution in [2.24, 2.45) is 5.92 Å². The Morgan fingerprint density at radius 3 is 2.38 bits per heavy atom. The van der Waals surface area contributed by atoms with Gasteiger partial charge in [-0.3, -0.25) is 9.69 Å². The molecule has 1 N–H and O–H groups in total. The van der Waals surface area contributed by atoms with E-state index in [4.69, 9.17) is 9.47 Å². The van der Waals surface area contributed by atoms with Crippen molar-refractivity contribution in [3.63, 3.8) is 0 Å². The molecule has 1 amide bonds. The molecule has 0 spiro atoms. The number of likely N-dealkylation sites (tertiary alicyclic amines) is 1. The second-order valence-corrected chi connectivity index (χ2v) is 7.62. The number of nitrogens with one attached hydrogen (secondary N) is 1. The fourth-order valence-electron chi connectivity index (χ4n) is 3.98. The lowest BCUT2D eigenvalue weighted by molar-refractivity contribution is -0.127. The molecule has 29 heavy (non-hydrogen) atoms. The molecule has 2 aromatic carbocycles. The van der Waals surface area contributed by atoms with Gasteiger partial charge < -0.3 is 14.8 Å². The van der Waals surface area contributed by atoms with Crippen LogP contribution in [0.15, 0.2) is 48.5 Å². The lowest BCUT2D eigenvalue weighted by Crippen LogP contribution is -2.41. The van der Waals surface area contributed by atoms with Gasteiger partial charge in [-0.05, 0) is 55.6 Å². The number of nitrogens with zero attached hydrogens (tertiary/aromatic N) is 1. The first-order valence-corrected chi connectivity index (χ1v) is 10.4. The fourth-order valence-corrected chi connectivity index (χ4v) is 3.98. The Morgan fingerprint density at radius 1 is 1.07 bits per heavy atom. The summed E-state index contributed by atoms with van der Waals surface area (Å²) in [5.74, 6) is 1.62. The summed E-state index contributed by atoms with van der Waals surface area (Å²) in [6.45, 7) is 4.96. The van der Waals surface area contributed by atoms with Crippen LogP contribution < -0.4 is 14.8 Å². The fraction of sp³-hybridized carbons (Fsp3) is 0.458. The molecule has 0 saturated carbocycles. The molecule has 1 aliphatic rings. The van der Waals surface area contributed by atoms with Crippen molar-refractivity contribution < 1.29 is 14.3 Å². The molecule has 1 atom stereocenters. The molecule has 5 nitrogen and oxygen atoms in total. The third-order valence-electron chi connectivity index (χ3n) is 5.74. The number of ether oxygens (including phenoxy) is 2. The highest BCUT2D eigenvalue weighted by Crippen LogP contribution is 2.31. The summed E-state index contributed by atoms with van der Waals surface area (Å²) in [5.41, 5.74) is 2.37. The number of benzene rings is 2.